The van der Waals surface area contributed by atoms with Crippen molar-refractivity contribution >= 4 is 27.5 Å². The molecule has 0 fully saturated rings. The third-order valence-electron chi connectivity index (χ3n) is 2.73. The molecule has 0 bridgehead atoms. The van der Waals surface area contributed by atoms with Crippen molar-refractivity contribution in [1.82, 2.24) is 5.32 Å². The lowest BCUT2D eigenvalue weighted by Gasteiger charge is -2.18. The van der Waals surface area contributed by atoms with Crippen molar-refractivity contribution in [1.29, 1.82) is 0 Å². The lowest BCUT2D eigenvalue weighted by atomic mass is 10.0. The fourth-order valence-electron chi connectivity index (χ4n) is 1.85. The molecule has 0 aliphatic rings. The quantitative estimate of drug-likeness (QED) is 0.612. The van der Waals surface area contributed by atoms with Crippen LogP contribution in [0.15, 0.2) is 22.7 Å². The molecule has 110 valence electrons. The van der Waals surface area contributed by atoms with Crippen molar-refractivity contribution in [3.8, 4) is 0 Å². The van der Waals surface area contributed by atoms with Gasteiger partial charge in [0.25, 0.3) is 11.6 Å². The van der Waals surface area contributed by atoms with Crippen molar-refractivity contribution in [3.63, 3.8) is 0 Å². The Hall–Kier alpha value is -1.47. The largest absolute Gasteiger partial charge is 0.394 e. The van der Waals surface area contributed by atoms with Gasteiger partial charge in [-0.1, -0.05) is 19.9 Å². The van der Waals surface area contributed by atoms with Gasteiger partial charge in [-0.25, -0.2) is 0 Å². The summed E-state index contributed by atoms with van der Waals surface area (Å²) in [6.07, 6.45) is 0.634. The molecule has 1 unspecified atom stereocenters. The summed E-state index contributed by atoms with van der Waals surface area (Å²) >= 11 is 3.08. The van der Waals surface area contributed by atoms with Crippen LogP contribution in [0.25, 0.3) is 0 Å². The summed E-state index contributed by atoms with van der Waals surface area (Å²) in [5.41, 5.74) is 0.0171. The molecule has 6 nitrogen and oxygen atoms in total. The number of carbonyl (C=O) groups excluding carboxylic acids is 1. The number of nitrogens with one attached hydrogen (secondary N) is 1. The minimum atomic E-state index is -0.557. The summed E-state index contributed by atoms with van der Waals surface area (Å²) in [6.45, 7) is 3.80. The van der Waals surface area contributed by atoms with Gasteiger partial charge in [-0.15, -0.1) is 0 Å². The van der Waals surface area contributed by atoms with E-state index in [9.17, 15) is 20.0 Å². The molecule has 0 saturated heterocycles. The van der Waals surface area contributed by atoms with Gasteiger partial charge >= 0.3 is 0 Å². The lowest BCUT2D eigenvalue weighted by molar-refractivity contribution is -0.385. The van der Waals surface area contributed by atoms with Crippen LogP contribution in [-0.2, 0) is 0 Å². The number of nitro benzene ring substituents is 1. The van der Waals surface area contributed by atoms with Crippen LogP contribution < -0.4 is 5.32 Å². The molecule has 0 aliphatic heterocycles. The van der Waals surface area contributed by atoms with Gasteiger partial charge in [0.2, 0.25) is 0 Å². The van der Waals surface area contributed by atoms with Gasteiger partial charge in [0.05, 0.1) is 23.1 Å². The normalized spacial score (nSPS) is 12.2. The number of nitro groups is 1. The Morgan fingerprint density at radius 3 is 2.65 bits per heavy atom. The summed E-state index contributed by atoms with van der Waals surface area (Å²) in [5, 5.41) is 22.8. The lowest BCUT2D eigenvalue weighted by Crippen LogP contribution is -2.38. The maximum Gasteiger partial charge on any atom is 0.284 e. The average Bonchev–Trinajstić information content (AvgIpc) is 2.37. The molecule has 0 aliphatic carbocycles. The van der Waals surface area contributed by atoms with Gasteiger partial charge in [0.1, 0.15) is 4.47 Å². The maximum absolute atomic E-state index is 12.1. The Bertz CT molecular complexity index is 505. The van der Waals surface area contributed by atoms with E-state index in [-0.39, 0.29) is 28.4 Å². The molecule has 0 aromatic heterocycles. The Morgan fingerprint density at radius 2 is 2.15 bits per heavy atom. The highest BCUT2D eigenvalue weighted by molar-refractivity contribution is 9.10. The molecule has 0 spiro atoms. The summed E-state index contributed by atoms with van der Waals surface area (Å²) in [4.78, 5) is 22.4. The maximum atomic E-state index is 12.1. The fraction of sp³-hybridized carbons (Fsp3) is 0.462. The predicted molar refractivity (Wildman–Crippen MR) is 78.6 cm³/mol. The Balaban J connectivity index is 2.92. The van der Waals surface area contributed by atoms with Crippen molar-refractivity contribution in [2.75, 3.05) is 6.61 Å². The first-order chi connectivity index (χ1) is 9.36. The highest BCUT2D eigenvalue weighted by Gasteiger charge is 2.21. The predicted octanol–water partition coefficient (Wildman–Crippen LogP) is 2.49. The SMILES string of the molecule is CC(C)CC(CO)NC(=O)c1cccc([N+](=O)[O-])c1Br. The van der Waals surface area contributed by atoms with Gasteiger partial charge in [-0.05, 0) is 34.3 Å². The minimum absolute atomic E-state index is 0.142. The van der Waals surface area contributed by atoms with Crippen LogP contribution in [0.5, 0.6) is 0 Å². The number of hydrogen-bond acceptors (Lipinski definition) is 4. The molecule has 0 saturated carbocycles. The number of carbonyl (C=O) groups is 1. The fourth-order valence-corrected chi connectivity index (χ4v) is 2.44. The molecule has 1 rings (SSSR count). The smallest absolute Gasteiger partial charge is 0.284 e. The second-order valence-electron chi connectivity index (χ2n) is 4.88. The number of benzene rings is 1. The third-order valence-corrected chi connectivity index (χ3v) is 3.56. The first-order valence-electron chi connectivity index (χ1n) is 6.21. The third kappa shape index (κ3) is 4.28. The number of aliphatic hydroxyl groups excluding tert-OH is 1. The van der Waals surface area contributed by atoms with Crippen LogP contribution >= 0.6 is 15.9 Å². The highest BCUT2D eigenvalue weighted by atomic mass is 79.9. The molecular weight excluding hydrogens is 328 g/mol. The number of halogens is 1. The van der Waals surface area contributed by atoms with Crippen LogP contribution in [0.3, 0.4) is 0 Å². The Kier molecular flexibility index (Phi) is 6.09. The van der Waals surface area contributed by atoms with E-state index < -0.39 is 10.8 Å². The molecule has 0 radical (unpaired) electrons. The van der Waals surface area contributed by atoms with Crippen LogP contribution in [0, 0.1) is 16.0 Å². The van der Waals surface area contributed by atoms with Gasteiger partial charge < -0.3 is 10.4 Å². The zero-order valence-electron chi connectivity index (χ0n) is 11.3. The van der Waals surface area contributed by atoms with E-state index in [1.807, 2.05) is 13.8 Å². The van der Waals surface area contributed by atoms with E-state index in [2.05, 4.69) is 21.2 Å². The highest BCUT2D eigenvalue weighted by Crippen LogP contribution is 2.28. The van der Waals surface area contributed by atoms with E-state index in [4.69, 9.17) is 0 Å². The van der Waals surface area contributed by atoms with E-state index >= 15 is 0 Å². The zero-order chi connectivity index (χ0) is 15.3. The van der Waals surface area contributed by atoms with Crippen LogP contribution in [-0.4, -0.2) is 28.6 Å². The number of amides is 1. The molecule has 1 amide bonds. The van der Waals surface area contributed by atoms with Gasteiger partial charge in [0, 0.05) is 6.07 Å². The Labute approximate surface area is 125 Å². The number of nitrogens with zero attached hydrogens (tertiary/aromatic N) is 1. The number of rotatable bonds is 6. The van der Waals surface area contributed by atoms with E-state index in [0.29, 0.717) is 12.3 Å². The standard InChI is InChI=1S/C13H17BrN2O4/c1-8(2)6-9(7-17)15-13(18)10-4-3-5-11(12(10)14)16(19)20/h3-5,8-9,17H,6-7H2,1-2H3,(H,15,18). The van der Waals surface area contributed by atoms with E-state index in [0.717, 1.165) is 0 Å². The van der Waals surface area contributed by atoms with Gasteiger partial charge in [-0.2, -0.15) is 0 Å². The van der Waals surface area contributed by atoms with E-state index in [1.54, 1.807) is 0 Å². The molecule has 1 aromatic rings. The van der Waals surface area contributed by atoms with E-state index in [1.165, 1.54) is 18.2 Å². The van der Waals surface area contributed by atoms with Crippen molar-refractivity contribution in [3.05, 3.63) is 38.3 Å². The number of hydrogen-bond donors (Lipinski definition) is 2. The average molecular weight is 345 g/mol. The topological polar surface area (TPSA) is 92.5 Å². The molecule has 1 aromatic carbocycles. The molecular formula is C13H17BrN2O4. The second-order valence-corrected chi connectivity index (χ2v) is 5.67. The second kappa shape index (κ2) is 7.35. The van der Waals surface area contributed by atoms with Crippen LogP contribution in [0.4, 0.5) is 5.69 Å². The summed E-state index contributed by atoms with van der Waals surface area (Å²) in [6, 6.07) is 3.90. The first-order valence-corrected chi connectivity index (χ1v) is 7.00. The van der Waals surface area contributed by atoms with Gasteiger partial charge in [-0.3, -0.25) is 14.9 Å². The van der Waals surface area contributed by atoms with Crippen LogP contribution in [0.2, 0.25) is 0 Å². The van der Waals surface area contributed by atoms with Crippen molar-refractivity contribution < 1.29 is 14.8 Å². The van der Waals surface area contributed by atoms with Gasteiger partial charge in [0.15, 0.2) is 0 Å². The summed E-state index contributed by atoms with van der Waals surface area (Å²) in [7, 11) is 0. The van der Waals surface area contributed by atoms with Crippen LogP contribution in [0.1, 0.15) is 30.6 Å². The molecule has 1 atom stereocenters. The number of aliphatic hydroxyl groups is 1. The molecule has 20 heavy (non-hydrogen) atoms. The molecule has 0 heterocycles. The first kappa shape index (κ1) is 16.6. The zero-order valence-corrected chi connectivity index (χ0v) is 12.9. The Morgan fingerprint density at radius 1 is 1.50 bits per heavy atom. The summed E-state index contributed by atoms with van der Waals surface area (Å²) in [5.74, 6) is -0.124. The minimum Gasteiger partial charge on any atom is -0.394 e. The monoisotopic (exact) mass is 344 g/mol. The van der Waals surface area contributed by atoms with Crippen molar-refractivity contribution in [2.24, 2.45) is 5.92 Å². The molecule has 2 N–H and O–H groups in total. The van der Waals surface area contributed by atoms with Crippen molar-refractivity contribution in [2.45, 2.75) is 26.3 Å². The molecule has 7 heteroatoms. The summed E-state index contributed by atoms with van der Waals surface area (Å²) < 4.78 is 0.142.